The normalized spacial score (nSPS) is 0. The maximum Gasteiger partial charge on any atom is 2.00 e. The first-order chi connectivity index (χ1) is 0. The summed E-state index contributed by atoms with van der Waals surface area (Å²) in [6.07, 6.45) is 0. The minimum atomic E-state index is 0. The molecule has 0 bridgehead atoms. The van der Waals surface area contributed by atoms with E-state index in [1.54, 1.807) is 0 Å². The molecular weight excluding hydrogens is 546 g/mol. The van der Waals surface area contributed by atoms with Gasteiger partial charge in [0.25, 0.3) is 0 Å². The van der Waals surface area contributed by atoms with Gasteiger partial charge in [-0.1, -0.05) is 0 Å². The molecule has 0 saturated carbocycles. The zero-order valence-electron chi connectivity index (χ0n) is 6.49. The summed E-state index contributed by atoms with van der Waals surface area (Å²) in [4.78, 5) is 0. The summed E-state index contributed by atoms with van der Waals surface area (Å²) in [5.41, 5.74) is 0. The molecule has 0 rings (SSSR count). The van der Waals surface area contributed by atoms with E-state index < -0.39 is 0 Å². The van der Waals surface area contributed by atoms with E-state index in [4.69, 9.17) is 0 Å². The molecule has 8 heteroatoms. The Morgan fingerprint density at radius 1 is 0.750 bits per heavy atom. The largest absolute Gasteiger partial charge is 2.00 e. The van der Waals surface area contributed by atoms with Crippen LogP contribution in [0.2, 0.25) is 0 Å². The van der Waals surface area contributed by atoms with Gasteiger partial charge in [0.1, 0.15) is 0 Å². The van der Waals surface area contributed by atoms with Crippen molar-refractivity contribution >= 4 is 72.8 Å². The first kappa shape index (κ1) is 87.7. The molecule has 8 heavy (non-hydrogen) atoms. The van der Waals surface area contributed by atoms with Gasteiger partial charge in [0.05, 0.1) is 0 Å². The van der Waals surface area contributed by atoms with Crippen molar-refractivity contribution in [3.05, 3.63) is 0 Å². The van der Waals surface area contributed by atoms with Crippen molar-refractivity contribution < 1.29 is 82.1 Å². The van der Waals surface area contributed by atoms with Crippen LogP contribution in [0, 0.1) is 35.6 Å². The molecule has 0 aromatic carbocycles. The van der Waals surface area contributed by atoms with E-state index in [9.17, 15) is 0 Å². The SMILES string of the molecule is O.O.O.O.[H-].[H-].[La].[PbH2].[Sr+2].[Ti]. The molecule has 0 heterocycles. The molecule has 49 valence electrons. The molecule has 0 unspecified atom stereocenters. The smallest absolute Gasteiger partial charge is 0 e. The molecule has 0 aliphatic carbocycles. The van der Waals surface area contributed by atoms with Gasteiger partial charge in [-0.25, -0.2) is 0 Å². The zero-order valence-corrected chi connectivity index (χ0v) is 18.7. The van der Waals surface area contributed by atoms with Crippen molar-refractivity contribution in [1.82, 2.24) is 0 Å². The first-order valence-electron chi connectivity index (χ1n) is 0. The molecule has 0 saturated heterocycles. The van der Waals surface area contributed by atoms with Crippen molar-refractivity contribution in [3.63, 3.8) is 0 Å². The maximum atomic E-state index is 0. The first-order valence-corrected chi connectivity index (χ1v) is 0. The van der Waals surface area contributed by atoms with Crippen molar-refractivity contribution in [1.29, 1.82) is 0 Å². The Kier molecular flexibility index (Phi) is 731. The van der Waals surface area contributed by atoms with Gasteiger partial charge in [0.2, 0.25) is 0 Å². The number of hydrogen-bond donors (Lipinski definition) is 0. The number of hydrogen-bond acceptors (Lipinski definition) is 0. The van der Waals surface area contributed by atoms with Crippen molar-refractivity contribution in [3.8, 4) is 0 Å². The molecule has 0 aromatic heterocycles. The summed E-state index contributed by atoms with van der Waals surface area (Å²) in [6.45, 7) is 0. The van der Waals surface area contributed by atoms with E-state index in [2.05, 4.69) is 0 Å². The average Bonchev–Trinajstić information content (AvgIpc) is 0. The van der Waals surface area contributed by atoms with Crippen LogP contribution in [-0.2, 0) is 21.7 Å². The van der Waals surface area contributed by atoms with E-state index in [1.165, 1.54) is 0 Å². The van der Waals surface area contributed by atoms with Crippen LogP contribution in [0.3, 0.4) is 0 Å². The van der Waals surface area contributed by atoms with Gasteiger partial charge in [0.15, 0.2) is 0 Å². The topological polar surface area (TPSA) is 126 Å². The Morgan fingerprint density at radius 2 is 0.750 bits per heavy atom. The van der Waals surface area contributed by atoms with Gasteiger partial charge < -0.3 is 24.8 Å². The van der Waals surface area contributed by atoms with Gasteiger partial charge in [-0.3, -0.25) is 0 Å². The fraction of sp³-hybridized carbons (Fsp3) is 0. The summed E-state index contributed by atoms with van der Waals surface area (Å²) in [5.74, 6) is 0. The van der Waals surface area contributed by atoms with Crippen molar-refractivity contribution in [2.45, 2.75) is 0 Å². The Balaban J connectivity index is 0. The Bertz CT molecular complexity index is 23.2. The molecule has 0 spiro atoms. The third-order valence-electron chi connectivity index (χ3n) is 0. The summed E-state index contributed by atoms with van der Waals surface area (Å²) in [5, 5.41) is 0. The summed E-state index contributed by atoms with van der Waals surface area (Å²) < 4.78 is 0. The van der Waals surface area contributed by atoms with Crippen LogP contribution in [0.5, 0.6) is 0 Å². The molecule has 8 N–H and O–H groups in total. The molecular formula is H12LaO4PbSrTi. The molecule has 0 fully saturated rings. The minimum absolute atomic E-state index is 0. The van der Waals surface area contributed by atoms with Crippen LogP contribution in [0.25, 0.3) is 0 Å². The maximum absolute atomic E-state index is 0. The van der Waals surface area contributed by atoms with Crippen LogP contribution in [0.4, 0.5) is 0 Å². The van der Waals surface area contributed by atoms with E-state index in [0.717, 1.165) is 0 Å². The second-order valence-electron chi connectivity index (χ2n) is 0. The standard InChI is InChI=1S/La.4H2O.Pb.Sr.Ti.4H/h;4*1H2;;;;;;;/q;;;;;;+2;;;;2*-1. The monoisotopic (exact) mass is 559 g/mol. The van der Waals surface area contributed by atoms with Crippen LogP contribution in [0.15, 0.2) is 0 Å². The minimum Gasteiger partial charge on any atom is 0 e. The summed E-state index contributed by atoms with van der Waals surface area (Å²) >= 11 is 0. The Labute approximate surface area is 151 Å². The number of rotatable bonds is 0. The Hall–Kier alpha value is 4.15. The Morgan fingerprint density at radius 3 is 0.750 bits per heavy atom. The van der Waals surface area contributed by atoms with E-state index in [1.807, 2.05) is 0 Å². The van der Waals surface area contributed by atoms with Gasteiger partial charge in [-0.2, -0.15) is 0 Å². The van der Waals surface area contributed by atoms with Gasteiger partial charge >= 0.3 is 72.8 Å². The molecule has 0 aliphatic rings. The van der Waals surface area contributed by atoms with E-state index in [-0.39, 0.29) is 155 Å². The van der Waals surface area contributed by atoms with Gasteiger partial charge in [-0.05, 0) is 0 Å². The van der Waals surface area contributed by atoms with Crippen LogP contribution in [0.1, 0.15) is 2.85 Å². The van der Waals surface area contributed by atoms with Crippen molar-refractivity contribution in [2.75, 3.05) is 0 Å². The second-order valence-corrected chi connectivity index (χ2v) is 0. The second kappa shape index (κ2) is 66.7. The fourth-order valence-corrected chi connectivity index (χ4v) is 0. The molecule has 4 nitrogen and oxygen atoms in total. The summed E-state index contributed by atoms with van der Waals surface area (Å²) in [6, 6.07) is 0. The third-order valence-corrected chi connectivity index (χ3v) is 0. The zero-order chi connectivity index (χ0) is 0. The van der Waals surface area contributed by atoms with E-state index in [0.29, 0.717) is 0 Å². The van der Waals surface area contributed by atoms with Gasteiger partial charge in [0, 0.05) is 57.3 Å². The fourth-order valence-electron chi connectivity index (χ4n) is 0. The third kappa shape index (κ3) is 49.3. The molecule has 3 radical (unpaired) electrons. The van der Waals surface area contributed by atoms with Crippen LogP contribution < -0.4 is 0 Å². The molecule has 0 aromatic rings. The predicted molar refractivity (Wildman–Crippen MR) is 31.0 cm³/mol. The molecule has 0 atom stereocenters. The van der Waals surface area contributed by atoms with Crippen molar-refractivity contribution in [2.24, 2.45) is 0 Å². The molecule has 0 amide bonds. The average molecular weight is 558 g/mol. The summed E-state index contributed by atoms with van der Waals surface area (Å²) in [7, 11) is 0. The van der Waals surface area contributed by atoms with Gasteiger partial charge in [-0.15, -0.1) is 0 Å². The molecule has 0 aliphatic heterocycles. The van der Waals surface area contributed by atoms with E-state index >= 15 is 0 Å². The van der Waals surface area contributed by atoms with Crippen LogP contribution >= 0.6 is 0 Å². The quantitative estimate of drug-likeness (QED) is 0.267. The predicted octanol–water partition coefficient (Wildman–Crippen LogP) is -4.37. The van der Waals surface area contributed by atoms with Crippen LogP contribution in [-0.4, -0.2) is 94.7 Å².